The second-order valence-corrected chi connectivity index (χ2v) is 6.43. The smallest absolute Gasteiger partial charge is 0.220 e. The van der Waals surface area contributed by atoms with Gasteiger partial charge < -0.3 is 20.9 Å². The van der Waals surface area contributed by atoms with E-state index in [1.165, 1.54) is 0 Å². The summed E-state index contributed by atoms with van der Waals surface area (Å²) in [7, 11) is 3.54. The molecule has 0 aliphatic carbocycles. The molecule has 6 nitrogen and oxygen atoms in total. The molecule has 2 rings (SSSR count). The van der Waals surface area contributed by atoms with E-state index in [1.54, 1.807) is 7.05 Å². The maximum absolute atomic E-state index is 11.5. The number of carbonyl (C=O) groups is 1. The number of likely N-dealkylation sites (tertiary alicyclic amines) is 1. The molecular formula is C19H32IN5O. The molecule has 0 radical (unpaired) electrons. The summed E-state index contributed by atoms with van der Waals surface area (Å²) in [5.41, 5.74) is 1.16. The molecule has 0 bridgehead atoms. The van der Waals surface area contributed by atoms with E-state index in [9.17, 15) is 4.79 Å². The summed E-state index contributed by atoms with van der Waals surface area (Å²) in [5.74, 6) is 1.61. The molecule has 1 fully saturated rings. The average molecular weight is 473 g/mol. The van der Waals surface area contributed by atoms with Gasteiger partial charge in [0.2, 0.25) is 5.91 Å². The number of hydrogen-bond donors (Lipinski definition) is 3. The van der Waals surface area contributed by atoms with E-state index in [2.05, 4.69) is 38.0 Å². The van der Waals surface area contributed by atoms with Gasteiger partial charge in [0.25, 0.3) is 0 Å². The van der Waals surface area contributed by atoms with E-state index in [0.29, 0.717) is 12.3 Å². The van der Waals surface area contributed by atoms with Gasteiger partial charge >= 0.3 is 0 Å². The van der Waals surface area contributed by atoms with Crippen molar-refractivity contribution < 1.29 is 4.79 Å². The normalized spacial score (nSPS) is 15.2. The van der Waals surface area contributed by atoms with E-state index < -0.39 is 0 Å². The molecular weight excluding hydrogens is 441 g/mol. The van der Waals surface area contributed by atoms with Crippen LogP contribution in [0, 0.1) is 5.92 Å². The van der Waals surface area contributed by atoms with Crippen LogP contribution in [-0.4, -0.2) is 57.0 Å². The first-order chi connectivity index (χ1) is 12.2. The highest BCUT2D eigenvalue weighted by Gasteiger charge is 2.22. The van der Waals surface area contributed by atoms with Gasteiger partial charge in [0, 0.05) is 52.4 Å². The van der Waals surface area contributed by atoms with E-state index in [1.807, 2.05) is 25.2 Å². The Hall–Kier alpha value is -1.51. The summed E-state index contributed by atoms with van der Waals surface area (Å²) in [6, 6.07) is 10.3. The van der Waals surface area contributed by atoms with Gasteiger partial charge in [-0.3, -0.25) is 9.79 Å². The third kappa shape index (κ3) is 7.80. The molecule has 7 heteroatoms. The molecule has 1 aliphatic heterocycles. The van der Waals surface area contributed by atoms with Gasteiger partial charge in [0.15, 0.2) is 5.96 Å². The fraction of sp³-hybridized carbons (Fsp3) is 0.579. The largest absolute Gasteiger partial charge is 0.385 e. The number of hydrogen-bond acceptors (Lipinski definition) is 3. The van der Waals surface area contributed by atoms with Gasteiger partial charge in [0.05, 0.1) is 0 Å². The molecule has 146 valence electrons. The number of aliphatic imine (C=N–C) groups is 1. The molecule has 0 atom stereocenters. The second kappa shape index (κ2) is 12.8. The van der Waals surface area contributed by atoms with Crippen LogP contribution in [0.2, 0.25) is 0 Å². The summed E-state index contributed by atoms with van der Waals surface area (Å²) in [6.07, 6.45) is 3.76. The number of anilines is 1. The Bertz CT molecular complexity index is 544. The zero-order chi connectivity index (χ0) is 17.9. The first-order valence-corrected chi connectivity index (χ1v) is 9.18. The summed E-state index contributed by atoms with van der Waals surface area (Å²) >= 11 is 0. The first-order valence-electron chi connectivity index (χ1n) is 9.18. The number of piperidine rings is 1. The fourth-order valence-electron chi connectivity index (χ4n) is 3.12. The van der Waals surface area contributed by atoms with Crippen LogP contribution < -0.4 is 16.0 Å². The van der Waals surface area contributed by atoms with Gasteiger partial charge in [-0.15, -0.1) is 24.0 Å². The SMILES string of the molecule is CN=C(NCCCNc1ccccc1)N1CCC(CC(=O)NC)CC1.I. The zero-order valence-corrected chi connectivity index (χ0v) is 18.2. The van der Waals surface area contributed by atoms with Crippen molar-refractivity contribution in [2.75, 3.05) is 45.6 Å². The quantitative estimate of drug-likeness (QED) is 0.247. The molecule has 1 aromatic carbocycles. The number of halogens is 1. The van der Waals surface area contributed by atoms with Crippen LogP contribution in [0.25, 0.3) is 0 Å². The first kappa shape index (κ1) is 22.5. The van der Waals surface area contributed by atoms with E-state index >= 15 is 0 Å². The summed E-state index contributed by atoms with van der Waals surface area (Å²) < 4.78 is 0. The minimum Gasteiger partial charge on any atom is -0.385 e. The lowest BCUT2D eigenvalue weighted by Crippen LogP contribution is -2.46. The maximum atomic E-state index is 11.5. The van der Waals surface area contributed by atoms with Crippen molar-refractivity contribution in [2.24, 2.45) is 10.9 Å². The molecule has 1 aliphatic rings. The van der Waals surface area contributed by atoms with E-state index in [4.69, 9.17) is 0 Å². The number of nitrogens with zero attached hydrogens (tertiary/aromatic N) is 2. The highest BCUT2D eigenvalue weighted by atomic mass is 127. The molecule has 26 heavy (non-hydrogen) atoms. The van der Waals surface area contributed by atoms with Crippen LogP contribution in [0.4, 0.5) is 5.69 Å². The van der Waals surface area contributed by atoms with Crippen molar-refractivity contribution in [3.8, 4) is 0 Å². The summed E-state index contributed by atoms with van der Waals surface area (Å²) in [6.45, 7) is 3.75. The van der Waals surface area contributed by atoms with Crippen LogP contribution >= 0.6 is 24.0 Å². The monoisotopic (exact) mass is 473 g/mol. The fourth-order valence-corrected chi connectivity index (χ4v) is 3.12. The molecule has 0 unspecified atom stereocenters. The number of guanidine groups is 1. The maximum Gasteiger partial charge on any atom is 0.220 e. The molecule has 3 N–H and O–H groups in total. The third-order valence-corrected chi connectivity index (χ3v) is 4.62. The van der Waals surface area contributed by atoms with E-state index in [0.717, 1.165) is 57.1 Å². The predicted octanol–water partition coefficient (Wildman–Crippen LogP) is 2.53. The highest BCUT2D eigenvalue weighted by Crippen LogP contribution is 2.20. The van der Waals surface area contributed by atoms with Gasteiger partial charge in [-0.1, -0.05) is 18.2 Å². The Labute approximate surface area is 174 Å². The number of para-hydroxylation sites is 1. The Balaban J connectivity index is 0.00000338. The number of amides is 1. The van der Waals surface area contributed by atoms with Gasteiger partial charge in [0.1, 0.15) is 0 Å². The third-order valence-electron chi connectivity index (χ3n) is 4.62. The molecule has 0 saturated carbocycles. The lowest BCUT2D eigenvalue weighted by atomic mass is 9.93. The number of rotatable bonds is 7. The van der Waals surface area contributed by atoms with Crippen molar-refractivity contribution >= 4 is 41.5 Å². The second-order valence-electron chi connectivity index (χ2n) is 6.43. The van der Waals surface area contributed by atoms with Crippen molar-refractivity contribution in [1.29, 1.82) is 0 Å². The Morgan fingerprint density at radius 3 is 2.50 bits per heavy atom. The molecule has 1 amide bonds. The Morgan fingerprint density at radius 1 is 1.19 bits per heavy atom. The van der Waals surface area contributed by atoms with E-state index in [-0.39, 0.29) is 29.9 Å². The molecule has 1 aromatic rings. The van der Waals surface area contributed by atoms with Crippen molar-refractivity contribution in [1.82, 2.24) is 15.5 Å². The molecule has 0 aromatic heterocycles. The predicted molar refractivity (Wildman–Crippen MR) is 119 cm³/mol. The lowest BCUT2D eigenvalue weighted by Gasteiger charge is -2.34. The lowest BCUT2D eigenvalue weighted by molar-refractivity contribution is -0.121. The van der Waals surface area contributed by atoms with Crippen molar-refractivity contribution in [2.45, 2.75) is 25.7 Å². The van der Waals surface area contributed by atoms with Gasteiger partial charge in [-0.2, -0.15) is 0 Å². The number of carbonyl (C=O) groups excluding carboxylic acids is 1. The molecule has 1 heterocycles. The van der Waals surface area contributed by atoms with Crippen LogP contribution in [0.3, 0.4) is 0 Å². The molecule has 1 saturated heterocycles. The van der Waals surface area contributed by atoms with Crippen LogP contribution in [0.1, 0.15) is 25.7 Å². The topological polar surface area (TPSA) is 68.8 Å². The highest BCUT2D eigenvalue weighted by molar-refractivity contribution is 14.0. The van der Waals surface area contributed by atoms with Crippen molar-refractivity contribution in [3.63, 3.8) is 0 Å². The minimum atomic E-state index is 0. The van der Waals surface area contributed by atoms with Crippen LogP contribution in [0.15, 0.2) is 35.3 Å². The van der Waals surface area contributed by atoms with Crippen molar-refractivity contribution in [3.05, 3.63) is 30.3 Å². The summed E-state index contributed by atoms with van der Waals surface area (Å²) in [5, 5.41) is 9.58. The number of nitrogens with one attached hydrogen (secondary N) is 3. The Kier molecular flexibility index (Phi) is 11.1. The van der Waals surface area contributed by atoms with Crippen LogP contribution in [0.5, 0.6) is 0 Å². The average Bonchev–Trinajstić information content (AvgIpc) is 2.66. The van der Waals surface area contributed by atoms with Crippen LogP contribution in [-0.2, 0) is 4.79 Å². The minimum absolute atomic E-state index is 0. The Morgan fingerprint density at radius 2 is 1.88 bits per heavy atom. The van der Waals surface area contributed by atoms with Gasteiger partial charge in [-0.25, -0.2) is 0 Å². The standard InChI is InChI=1S/C19H31N5O.HI/c1-20-18(25)15-16-9-13-24(14-10-16)19(21-2)23-12-6-11-22-17-7-4-3-5-8-17;/h3-5,7-8,16,22H,6,9-15H2,1-2H3,(H,20,25)(H,21,23);1H. The van der Waals surface area contributed by atoms with Gasteiger partial charge in [-0.05, 0) is 37.3 Å². The summed E-state index contributed by atoms with van der Waals surface area (Å²) in [4.78, 5) is 18.2. The zero-order valence-electron chi connectivity index (χ0n) is 15.8. The number of benzene rings is 1. The molecule has 0 spiro atoms.